The van der Waals surface area contributed by atoms with Crippen LogP contribution in [0.2, 0.25) is 0 Å². The van der Waals surface area contributed by atoms with Gasteiger partial charge in [-0.15, -0.1) is 0 Å². The zero-order chi connectivity index (χ0) is 9.80. The topological polar surface area (TPSA) is 65.6 Å². The summed E-state index contributed by atoms with van der Waals surface area (Å²) < 4.78 is 0. The Morgan fingerprint density at radius 3 is 3.14 bits per heavy atom. The number of H-pyrrole nitrogens is 1. The van der Waals surface area contributed by atoms with Gasteiger partial charge in [0.1, 0.15) is 12.2 Å². The second-order valence-electron chi connectivity index (χ2n) is 3.90. The van der Waals surface area contributed by atoms with Crippen molar-refractivity contribution in [3.8, 4) is 0 Å². The quantitative estimate of drug-likeness (QED) is 0.637. The minimum atomic E-state index is 0.566. The van der Waals surface area contributed by atoms with Gasteiger partial charge in [0.2, 0.25) is 0 Å². The van der Waals surface area contributed by atoms with Gasteiger partial charge in [0.05, 0.1) is 6.54 Å². The lowest BCUT2D eigenvalue weighted by Gasteiger charge is -2.28. The summed E-state index contributed by atoms with van der Waals surface area (Å²) in [4.78, 5) is 4.07. The van der Waals surface area contributed by atoms with Gasteiger partial charge in [-0.25, -0.2) is 4.98 Å². The number of aromatic nitrogens is 3. The highest BCUT2D eigenvalue weighted by Gasteiger charge is 2.16. The molecule has 0 spiro atoms. The average molecular weight is 195 g/mol. The third kappa shape index (κ3) is 2.52. The Morgan fingerprint density at radius 1 is 1.57 bits per heavy atom. The molecule has 1 aliphatic heterocycles. The van der Waals surface area contributed by atoms with E-state index in [9.17, 15) is 0 Å². The molecule has 0 radical (unpaired) electrons. The first-order chi connectivity index (χ1) is 6.84. The van der Waals surface area contributed by atoms with E-state index in [2.05, 4.69) is 32.7 Å². The summed E-state index contributed by atoms with van der Waals surface area (Å²) in [5.41, 5.74) is 0. The number of rotatable bonds is 3. The molecule has 1 fully saturated rings. The third-order valence-electron chi connectivity index (χ3n) is 2.68. The van der Waals surface area contributed by atoms with Crippen molar-refractivity contribution in [2.24, 2.45) is 0 Å². The molecule has 2 unspecified atom stereocenters. The van der Waals surface area contributed by atoms with Crippen molar-refractivity contribution in [1.29, 1.82) is 0 Å². The molecule has 0 aliphatic carbocycles. The second-order valence-corrected chi connectivity index (χ2v) is 3.90. The maximum absolute atomic E-state index is 4.07. The molecular formula is C9H17N5. The summed E-state index contributed by atoms with van der Waals surface area (Å²) in [5, 5.41) is 13.5. The summed E-state index contributed by atoms with van der Waals surface area (Å²) >= 11 is 0. The molecule has 0 aromatic carbocycles. The van der Waals surface area contributed by atoms with Crippen LogP contribution in [0.25, 0.3) is 0 Å². The van der Waals surface area contributed by atoms with Crippen molar-refractivity contribution in [2.45, 2.75) is 38.4 Å². The predicted octanol–water partition coefficient (Wildman–Crippen LogP) is 0.0348. The average Bonchev–Trinajstić information content (AvgIpc) is 2.70. The van der Waals surface area contributed by atoms with E-state index in [0.717, 1.165) is 18.9 Å². The molecule has 1 aromatic heterocycles. The molecule has 1 aliphatic rings. The minimum Gasteiger partial charge on any atom is -0.313 e. The fraction of sp³-hybridized carbons (Fsp3) is 0.778. The van der Waals surface area contributed by atoms with Crippen LogP contribution in [0.5, 0.6) is 0 Å². The van der Waals surface area contributed by atoms with Crippen molar-refractivity contribution in [3.63, 3.8) is 0 Å². The number of nitrogens with one attached hydrogen (secondary N) is 3. The van der Waals surface area contributed by atoms with Crippen LogP contribution in [-0.2, 0) is 6.54 Å². The minimum absolute atomic E-state index is 0.566. The van der Waals surface area contributed by atoms with Gasteiger partial charge in [-0.05, 0) is 19.8 Å². The van der Waals surface area contributed by atoms with Crippen molar-refractivity contribution < 1.29 is 0 Å². The van der Waals surface area contributed by atoms with E-state index in [1.807, 2.05) is 0 Å². The van der Waals surface area contributed by atoms with Gasteiger partial charge in [-0.3, -0.25) is 5.10 Å². The number of nitrogens with zero attached hydrogens (tertiary/aromatic N) is 2. The molecule has 3 N–H and O–H groups in total. The van der Waals surface area contributed by atoms with Gasteiger partial charge in [-0.1, -0.05) is 0 Å². The smallest absolute Gasteiger partial charge is 0.138 e. The molecule has 0 saturated carbocycles. The zero-order valence-corrected chi connectivity index (χ0v) is 8.45. The number of aromatic amines is 1. The fourth-order valence-electron chi connectivity index (χ4n) is 1.73. The fourth-order valence-corrected chi connectivity index (χ4v) is 1.73. The van der Waals surface area contributed by atoms with E-state index in [0.29, 0.717) is 12.1 Å². The van der Waals surface area contributed by atoms with Crippen molar-refractivity contribution in [3.05, 3.63) is 12.2 Å². The SMILES string of the molecule is CC1CCC(NCc2ncn[nH]2)CN1. The number of hydrogen-bond acceptors (Lipinski definition) is 4. The third-order valence-corrected chi connectivity index (χ3v) is 2.68. The van der Waals surface area contributed by atoms with Gasteiger partial charge in [0.25, 0.3) is 0 Å². The Kier molecular flexibility index (Phi) is 3.10. The molecule has 2 atom stereocenters. The highest BCUT2D eigenvalue weighted by Crippen LogP contribution is 2.07. The summed E-state index contributed by atoms with van der Waals surface area (Å²) in [6.07, 6.45) is 4.02. The van der Waals surface area contributed by atoms with Crippen LogP contribution in [-0.4, -0.2) is 33.8 Å². The van der Waals surface area contributed by atoms with Gasteiger partial charge < -0.3 is 10.6 Å². The van der Waals surface area contributed by atoms with E-state index in [4.69, 9.17) is 0 Å². The van der Waals surface area contributed by atoms with Crippen LogP contribution in [0.15, 0.2) is 6.33 Å². The highest BCUT2D eigenvalue weighted by molar-refractivity contribution is 4.84. The van der Waals surface area contributed by atoms with Crippen LogP contribution < -0.4 is 10.6 Å². The standard InChI is InChI=1S/C9H17N5/c1-7-2-3-8(4-10-7)11-5-9-12-6-13-14-9/h6-8,10-11H,2-5H2,1H3,(H,12,13,14). The number of piperidine rings is 1. The normalized spacial score (nSPS) is 27.8. The molecule has 14 heavy (non-hydrogen) atoms. The first-order valence-corrected chi connectivity index (χ1v) is 5.15. The maximum atomic E-state index is 4.07. The number of hydrogen-bond donors (Lipinski definition) is 3. The molecule has 5 nitrogen and oxygen atoms in total. The van der Waals surface area contributed by atoms with Crippen molar-refractivity contribution in [2.75, 3.05) is 6.54 Å². The van der Waals surface area contributed by atoms with E-state index in [1.54, 1.807) is 0 Å². The zero-order valence-electron chi connectivity index (χ0n) is 8.45. The Bertz CT molecular complexity index is 250. The summed E-state index contributed by atoms with van der Waals surface area (Å²) in [7, 11) is 0. The molecule has 1 aromatic rings. The molecular weight excluding hydrogens is 178 g/mol. The largest absolute Gasteiger partial charge is 0.313 e. The van der Waals surface area contributed by atoms with E-state index >= 15 is 0 Å². The van der Waals surface area contributed by atoms with Crippen LogP contribution >= 0.6 is 0 Å². The lowest BCUT2D eigenvalue weighted by Crippen LogP contribution is -2.46. The molecule has 2 heterocycles. The Morgan fingerprint density at radius 2 is 2.50 bits per heavy atom. The van der Waals surface area contributed by atoms with Gasteiger partial charge in [0, 0.05) is 18.6 Å². The van der Waals surface area contributed by atoms with E-state index < -0.39 is 0 Å². The first kappa shape index (κ1) is 9.61. The van der Waals surface area contributed by atoms with Crippen molar-refractivity contribution >= 4 is 0 Å². The van der Waals surface area contributed by atoms with Crippen molar-refractivity contribution in [1.82, 2.24) is 25.8 Å². The summed E-state index contributed by atoms with van der Waals surface area (Å²) in [6.45, 7) is 4.06. The highest BCUT2D eigenvalue weighted by atomic mass is 15.2. The molecule has 2 rings (SSSR count). The molecule has 78 valence electrons. The van der Waals surface area contributed by atoms with E-state index in [1.165, 1.54) is 19.2 Å². The molecule has 1 saturated heterocycles. The maximum Gasteiger partial charge on any atom is 0.138 e. The monoisotopic (exact) mass is 195 g/mol. The van der Waals surface area contributed by atoms with Gasteiger partial charge >= 0.3 is 0 Å². The van der Waals surface area contributed by atoms with Gasteiger partial charge in [0.15, 0.2) is 0 Å². The van der Waals surface area contributed by atoms with Crippen LogP contribution in [0.4, 0.5) is 0 Å². The Labute approximate surface area is 83.7 Å². The Balaban J connectivity index is 1.71. The van der Waals surface area contributed by atoms with Crippen LogP contribution in [0.3, 0.4) is 0 Å². The van der Waals surface area contributed by atoms with Crippen LogP contribution in [0, 0.1) is 0 Å². The lowest BCUT2D eigenvalue weighted by atomic mass is 10.0. The summed E-state index contributed by atoms with van der Waals surface area (Å²) in [5.74, 6) is 0.906. The first-order valence-electron chi connectivity index (χ1n) is 5.15. The van der Waals surface area contributed by atoms with E-state index in [-0.39, 0.29) is 0 Å². The second kappa shape index (κ2) is 4.52. The van der Waals surface area contributed by atoms with Gasteiger partial charge in [-0.2, -0.15) is 5.10 Å². The summed E-state index contributed by atoms with van der Waals surface area (Å²) in [6, 6.07) is 1.23. The molecule has 5 heteroatoms. The molecule has 0 bridgehead atoms. The Hall–Kier alpha value is -0.940. The van der Waals surface area contributed by atoms with Crippen LogP contribution in [0.1, 0.15) is 25.6 Å². The molecule has 0 amide bonds. The predicted molar refractivity (Wildman–Crippen MR) is 53.7 cm³/mol. The lowest BCUT2D eigenvalue weighted by molar-refractivity contribution is 0.336.